The Labute approximate surface area is 157 Å². The average molecular weight is 363 g/mol. The molecule has 3 rings (SSSR count). The van der Waals surface area contributed by atoms with Crippen LogP contribution in [0.5, 0.6) is 5.75 Å². The summed E-state index contributed by atoms with van der Waals surface area (Å²) in [4.78, 5) is 24.6. The monoisotopic (exact) mass is 363 g/mol. The van der Waals surface area contributed by atoms with Crippen LogP contribution >= 0.6 is 0 Å². The van der Waals surface area contributed by atoms with Crippen molar-refractivity contribution >= 4 is 17.4 Å². The summed E-state index contributed by atoms with van der Waals surface area (Å²) in [6, 6.07) is 12.9. The highest BCUT2D eigenvalue weighted by Crippen LogP contribution is 2.27. The quantitative estimate of drug-likeness (QED) is 0.669. The van der Waals surface area contributed by atoms with Gasteiger partial charge in [-0.15, -0.1) is 0 Å². The van der Waals surface area contributed by atoms with E-state index < -0.39 is 0 Å². The molecular formula is C20H21N5O2. The van der Waals surface area contributed by atoms with Crippen molar-refractivity contribution in [3.05, 3.63) is 72.4 Å². The van der Waals surface area contributed by atoms with Gasteiger partial charge in [-0.25, -0.2) is 9.97 Å². The van der Waals surface area contributed by atoms with Crippen molar-refractivity contribution in [2.75, 3.05) is 5.32 Å². The Morgan fingerprint density at radius 2 is 2.00 bits per heavy atom. The topological polar surface area (TPSA) is 89.0 Å². The maximum atomic E-state index is 12.4. The minimum Gasteiger partial charge on any atom is -0.489 e. The van der Waals surface area contributed by atoms with Gasteiger partial charge < -0.3 is 15.4 Å². The van der Waals surface area contributed by atoms with Gasteiger partial charge >= 0.3 is 0 Å². The predicted octanol–water partition coefficient (Wildman–Crippen LogP) is 3.33. The lowest BCUT2D eigenvalue weighted by Crippen LogP contribution is -2.24. The first-order chi connectivity index (χ1) is 13.1. The molecule has 2 N–H and O–H groups in total. The predicted molar refractivity (Wildman–Crippen MR) is 103 cm³/mol. The van der Waals surface area contributed by atoms with Crippen molar-refractivity contribution in [1.82, 2.24) is 20.3 Å². The van der Waals surface area contributed by atoms with Crippen molar-refractivity contribution in [3.63, 3.8) is 0 Å². The van der Waals surface area contributed by atoms with E-state index in [1.54, 1.807) is 18.5 Å². The average Bonchev–Trinajstić information content (AvgIpc) is 2.68. The lowest BCUT2D eigenvalue weighted by atomic mass is 10.2. The Morgan fingerprint density at radius 3 is 2.78 bits per heavy atom. The number of amides is 1. The van der Waals surface area contributed by atoms with Gasteiger partial charge in [0.2, 0.25) is 0 Å². The summed E-state index contributed by atoms with van der Waals surface area (Å²) >= 11 is 0. The van der Waals surface area contributed by atoms with Crippen LogP contribution in [0.4, 0.5) is 11.5 Å². The first-order valence-corrected chi connectivity index (χ1v) is 8.63. The van der Waals surface area contributed by atoms with Crippen molar-refractivity contribution in [2.24, 2.45) is 0 Å². The number of ether oxygens (including phenoxy) is 1. The number of benzene rings is 1. The number of hydrogen-bond acceptors (Lipinski definition) is 6. The summed E-state index contributed by atoms with van der Waals surface area (Å²) in [5, 5.41) is 6.00. The number of rotatable bonds is 7. The molecule has 7 heteroatoms. The van der Waals surface area contributed by atoms with E-state index in [4.69, 9.17) is 4.74 Å². The smallest absolute Gasteiger partial charge is 0.270 e. The van der Waals surface area contributed by atoms with Crippen LogP contribution in [0, 0.1) is 0 Å². The van der Waals surface area contributed by atoms with Crippen molar-refractivity contribution in [1.29, 1.82) is 0 Å². The zero-order valence-electron chi connectivity index (χ0n) is 15.2. The summed E-state index contributed by atoms with van der Waals surface area (Å²) in [5.74, 6) is 0.945. The molecule has 0 saturated heterocycles. The first-order valence-electron chi connectivity index (χ1n) is 8.63. The van der Waals surface area contributed by atoms with Gasteiger partial charge in [-0.05, 0) is 37.6 Å². The second kappa shape index (κ2) is 8.75. The Hall–Kier alpha value is -3.48. The molecule has 0 bridgehead atoms. The summed E-state index contributed by atoms with van der Waals surface area (Å²) in [6.45, 7) is 4.31. The fourth-order valence-corrected chi connectivity index (χ4v) is 2.39. The normalized spacial score (nSPS) is 10.5. The molecule has 0 radical (unpaired) electrons. The molecule has 1 amide bonds. The van der Waals surface area contributed by atoms with Gasteiger partial charge in [-0.2, -0.15) is 0 Å². The molecule has 0 unspecified atom stereocenters. The molecule has 1 aromatic carbocycles. The Bertz CT molecular complexity index is 900. The van der Waals surface area contributed by atoms with Crippen LogP contribution < -0.4 is 15.4 Å². The second-order valence-electron chi connectivity index (χ2n) is 6.12. The summed E-state index contributed by atoms with van der Waals surface area (Å²) < 4.78 is 5.79. The van der Waals surface area contributed by atoms with E-state index in [1.165, 1.54) is 6.33 Å². The van der Waals surface area contributed by atoms with Crippen molar-refractivity contribution < 1.29 is 9.53 Å². The number of carbonyl (C=O) groups excluding carboxylic acids is 1. The number of aromatic nitrogens is 3. The molecule has 2 heterocycles. The molecule has 0 saturated carbocycles. The van der Waals surface area contributed by atoms with Gasteiger partial charge in [0.25, 0.3) is 5.91 Å². The van der Waals surface area contributed by atoms with E-state index in [1.807, 2.05) is 50.2 Å². The first kappa shape index (κ1) is 18.3. The maximum Gasteiger partial charge on any atom is 0.270 e. The molecule has 0 aliphatic rings. The molecule has 0 atom stereocenters. The molecular weight excluding hydrogens is 342 g/mol. The highest BCUT2D eigenvalue weighted by molar-refractivity contribution is 5.93. The standard InChI is InChI=1S/C20H21N5O2/c1-14(2)27-18-8-4-3-7-16(18)25-19-10-17(23-13-24-19)20(26)22-12-15-6-5-9-21-11-15/h3-11,13-14H,12H2,1-2H3,(H,22,26)(H,23,24,25). The van der Waals surface area contributed by atoms with Crippen molar-refractivity contribution in [2.45, 2.75) is 26.5 Å². The van der Waals surface area contributed by atoms with E-state index in [0.29, 0.717) is 18.1 Å². The number of para-hydroxylation sites is 2. The Kier molecular flexibility index (Phi) is 5.94. The van der Waals surface area contributed by atoms with Crippen LogP contribution in [0.1, 0.15) is 29.9 Å². The highest BCUT2D eigenvalue weighted by Gasteiger charge is 2.11. The molecule has 0 fully saturated rings. The molecule has 0 aliphatic carbocycles. The maximum absolute atomic E-state index is 12.4. The highest BCUT2D eigenvalue weighted by atomic mass is 16.5. The van der Waals surface area contributed by atoms with Crippen LogP contribution in [-0.2, 0) is 6.54 Å². The van der Waals surface area contributed by atoms with Crippen LogP contribution in [0.25, 0.3) is 0 Å². The van der Waals surface area contributed by atoms with Gasteiger partial charge in [0.1, 0.15) is 23.6 Å². The number of carbonyl (C=O) groups is 1. The van der Waals surface area contributed by atoms with Gasteiger partial charge in [0.05, 0.1) is 11.8 Å². The molecule has 3 aromatic rings. The molecule has 7 nitrogen and oxygen atoms in total. The second-order valence-corrected chi connectivity index (χ2v) is 6.12. The van der Waals surface area contributed by atoms with E-state index in [0.717, 1.165) is 11.3 Å². The molecule has 27 heavy (non-hydrogen) atoms. The van der Waals surface area contributed by atoms with Crippen molar-refractivity contribution in [3.8, 4) is 5.75 Å². The fourth-order valence-electron chi connectivity index (χ4n) is 2.39. The SMILES string of the molecule is CC(C)Oc1ccccc1Nc1cc(C(=O)NCc2cccnc2)ncn1. The summed E-state index contributed by atoms with van der Waals surface area (Å²) in [6.07, 6.45) is 4.80. The third-order valence-corrected chi connectivity index (χ3v) is 3.59. The molecule has 0 spiro atoms. The number of nitrogens with zero attached hydrogens (tertiary/aromatic N) is 3. The number of pyridine rings is 1. The third kappa shape index (κ3) is 5.24. The number of hydrogen-bond donors (Lipinski definition) is 2. The van der Waals surface area contributed by atoms with Crippen LogP contribution in [-0.4, -0.2) is 27.0 Å². The molecule has 0 aliphatic heterocycles. The fraction of sp³-hybridized carbons (Fsp3) is 0.200. The number of anilines is 2. The minimum atomic E-state index is -0.281. The third-order valence-electron chi connectivity index (χ3n) is 3.59. The summed E-state index contributed by atoms with van der Waals surface area (Å²) in [5.41, 5.74) is 1.96. The number of nitrogens with one attached hydrogen (secondary N) is 2. The van der Waals surface area contributed by atoms with Crippen LogP contribution in [0.2, 0.25) is 0 Å². The Morgan fingerprint density at radius 1 is 1.15 bits per heavy atom. The lowest BCUT2D eigenvalue weighted by molar-refractivity contribution is 0.0945. The Balaban J connectivity index is 1.69. The van der Waals surface area contributed by atoms with Crippen LogP contribution in [0.3, 0.4) is 0 Å². The molecule has 138 valence electrons. The van der Waals surface area contributed by atoms with Gasteiger partial charge in [0, 0.05) is 25.0 Å². The zero-order chi connectivity index (χ0) is 19.1. The molecule has 2 aromatic heterocycles. The largest absolute Gasteiger partial charge is 0.489 e. The minimum absolute atomic E-state index is 0.0483. The van der Waals surface area contributed by atoms with E-state index in [-0.39, 0.29) is 17.7 Å². The van der Waals surface area contributed by atoms with Crippen LogP contribution in [0.15, 0.2) is 61.2 Å². The van der Waals surface area contributed by atoms with E-state index >= 15 is 0 Å². The van der Waals surface area contributed by atoms with E-state index in [2.05, 4.69) is 25.6 Å². The van der Waals surface area contributed by atoms with Gasteiger partial charge in [0.15, 0.2) is 0 Å². The lowest BCUT2D eigenvalue weighted by Gasteiger charge is -2.15. The zero-order valence-corrected chi connectivity index (χ0v) is 15.2. The van der Waals surface area contributed by atoms with Gasteiger partial charge in [-0.3, -0.25) is 9.78 Å². The van der Waals surface area contributed by atoms with Gasteiger partial charge in [-0.1, -0.05) is 18.2 Å². The summed E-state index contributed by atoms with van der Waals surface area (Å²) in [7, 11) is 0. The van der Waals surface area contributed by atoms with E-state index in [9.17, 15) is 4.79 Å².